The van der Waals surface area contributed by atoms with Gasteiger partial charge >= 0.3 is 6.09 Å². The molecule has 0 unspecified atom stereocenters. The van der Waals surface area contributed by atoms with Gasteiger partial charge in [-0.15, -0.1) is 0 Å². The lowest BCUT2D eigenvalue weighted by atomic mass is 9.85. The SMILES string of the molecule is CO[C@H]1C[C@H](C)CC2=C(NC(C)C)C(=O)C=C(NC(=O)/C(C)=C\C=C\[C@H](OC)[C@@H](OC(N)=O)/C(C)=C/[C@H](C)C1=NO)C2=O. The Morgan fingerprint density at radius 1 is 1.16 bits per heavy atom. The van der Waals surface area contributed by atoms with Crippen LogP contribution in [-0.2, 0) is 28.6 Å². The van der Waals surface area contributed by atoms with E-state index in [-0.39, 0.29) is 40.9 Å². The Kier molecular flexibility index (Phi) is 13.1. The van der Waals surface area contributed by atoms with Gasteiger partial charge < -0.3 is 35.8 Å². The van der Waals surface area contributed by atoms with Crippen LogP contribution in [0.5, 0.6) is 0 Å². The zero-order valence-electron chi connectivity index (χ0n) is 26.1. The van der Waals surface area contributed by atoms with E-state index in [1.807, 2.05) is 20.8 Å². The smallest absolute Gasteiger partial charge is 0.405 e. The zero-order chi connectivity index (χ0) is 32.4. The molecule has 5 N–H and O–H groups in total. The summed E-state index contributed by atoms with van der Waals surface area (Å²) in [5.41, 5.74) is 6.79. The standard InChI is InChI=1S/C31H44N4O8/c1-16(2)33-27-21-12-17(3)13-25(42-8)26(35-40)19(5)14-20(6)29(43-31(32)39)24(41-7)11-9-10-18(4)30(38)34-22(28(21)37)15-23(27)36/h9-11,14-17,19,24-25,29,33,40H,12-13H2,1-8H3,(H2,32,39)(H,34,38)/b11-9+,18-10-,20-14+,35-26?/t17-,19+,24+,25+,29+/m1/s1. The van der Waals surface area contributed by atoms with Crippen molar-refractivity contribution in [3.8, 4) is 0 Å². The van der Waals surface area contributed by atoms with Crippen LogP contribution in [0.2, 0.25) is 0 Å². The summed E-state index contributed by atoms with van der Waals surface area (Å²) in [6, 6.07) is -0.123. The molecule has 0 saturated heterocycles. The molecule has 1 aliphatic carbocycles. The second-order valence-electron chi connectivity index (χ2n) is 11.1. The van der Waals surface area contributed by atoms with E-state index >= 15 is 0 Å². The molecular weight excluding hydrogens is 556 g/mol. The van der Waals surface area contributed by atoms with Crippen molar-refractivity contribution in [1.82, 2.24) is 10.6 Å². The van der Waals surface area contributed by atoms with Crippen molar-refractivity contribution in [3.05, 3.63) is 58.5 Å². The minimum absolute atomic E-state index is 0.123. The Labute approximate surface area is 252 Å². The number of nitrogens with one attached hydrogen (secondary N) is 2. The van der Waals surface area contributed by atoms with Crippen LogP contribution in [0.25, 0.3) is 0 Å². The molecule has 1 aliphatic heterocycles. The highest BCUT2D eigenvalue weighted by atomic mass is 16.6. The molecule has 236 valence electrons. The lowest BCUT2D eigenvalue weighted by molar-refractivity contribution is -0.120. The molecule has 0 radical (unpaired) electrons. The monoisotopic (exact) mass is 600 g/mol. The Bertz CT molecular complexity index is 1270. The number of nitrogens with two attached hydrogens (primary N) is 1. The summed E-state index contributed by atoms with van der Waals surface area (Å²) in [7, 11) is 2.91. The van der Waals surface area contributed by atoms with Crippen molar-refractivity contribution in [2.75, 3.05) is 14.2 Å². The van der Waals surface area contributed by atoms with Gasteiger partial charge in [0.1, 0.15) is 6.10 Å². The molecule has 1 heterocycles. The summed E-state index contributed by atoms with van der Waals surface area (Å²) in [4.78, 5) is 51.5. The topological polar surface area (TPSA) is 179 Å². The fraction of sp³-hybridized carbons (Fsp3) is 0.516. The molecule has 12 nitrogen and oxygen atoms in total. The van der Waals surface area contributed by atoms with Crippen LogP contribution in [0.3, 0.4) is 0 Å². The number of carbonyl (C=O) groups excluding carboxylic acids is 4. The van der Waals surface area contributed by atoms with E-state index in [1.165, 1.54) is 20.3 Å². The number of amides is 2. The third-order valence-electron chi connectivity index (χ3n) is 7.17. The summed E-state index contributed by atoms with van der Waals surface area (Å²) in [6.07, 6.45) is 4.65. The first kappa shape index (κ1) is 35.2. The van der Waals surface area contributed by atoms with Crippen LogP contribution < -0.4 is 16.4 Å². The Morgan fingerprint density at radius 2 is 1.84 bits per heavy atom. The van der Waals surface area contributed by atoms with Gasteiger partial charge in [0.25, 0.3) is 5.91 Å². The number of rotatable bonds is 5. The summed E-state index contributed by atoms with van der Waals surface area (Å²) >= 11 is 0. The fourth-order valence-electron chi connectivity index (χ4n) is 5.04. The number of ether oxygens (including phenoxy) is 3. The van der Waals surface area contributed by atoms with Crippen LogP contribution in [0.1, 0.15) is 54.4 Å². The van der Waals surface area contributed by atoms with E-state index in [2.05, 4.69) is 15.8 Å². The summed E-state index contributed by atoms with van der Waals surface area (Å²) in [6.45, 7) is 10.7. The van der Waals surface area contributed by atoms with E-state index in [0.29, 0.717) is 17.7 Å². The van der Waals surface area contributed by atoms with Gasteiger partial charge in [-0.3, -0.25) is 14.4 Å². The second kappa shape index (κ2) is 16.0. The number of hydrogen-bond acceptors (Lipinski definition) is 10. The molecule has 12 heteroatoms. The molecular formula is C31H44N4O8. The minimum atomic E-state index is -1.01. The number of hydrogen-bond donors (Lipinski definition) is 4. The maximum absolute atomic E-state index is 13.6. The Hall–Kier alpha value is -4.03. The van der Waals surface area contributed by atoms with E-state index in [4.69, 9.17) is 19.9 Å². The first-order valence-electron chi connectivity index (χ1n) is 14.1. The van der Waals surface area contributed by atoms with E-state index in [0.717, 1.165) is 6.08 Å². The maximum atomic E-state index is 13.6. The van der Waals surface area contributed by atoms with Crippen molar-refractivity contribution in [3.63, 3.8) is 0 Å². The molecule has 0 spiro atoms. The number of ketones is 2. The number of oxime groups is 1. The number of fused-ring (bicyclic) bond motifs is 2. The molecule has 2 amide bonds. The third kappa shape index (κ3) is 9.48. The van der Waals surface area contributed by atoms with Crippen LogP contribution in [0.15, 0.2) is 63.6 Å². The van der Waals surface area contributed by atoms with Gasteiger partial charge in [0.15, 0.2) is 6.10 Å². The third-order valence-corrected chi connectivity index (χ3v) is 7.17. The molecule has 2 aliphatic rings. The van der Waals surface area contributed by atoms with Crippen LogP contribution >= 0.6 is 0 Å². The molecule has 0 aromatic heterocycles. The van der Waals surface area contributed by atoms with Crippen molar-refractivity contribution in [2.24, 2.45) is 22.7 Å². The van der Waals surface area contributed by atoms with Crippen LogP contribution in [-0.4, -0.2) is 73.1 Å². The largest absolute Gasteiger partial charge is 0.439 e. The molecule has 43 heavy (non-hydrogen) atoms. The highest BCUT2D eigenvalue weighted by Gasteiger charge is 2.33. The van der Waals surface area contributed by atoms with Gasteiger partial charge in [0.2, 0.25) is 11.6 Å². The van der Waals surface area contributed by atoms with Crippen molar-refractivity contribution >= 4 is 29.3 Å². The van der Waals surface area contributed by atoms with Crippen molar-refractivity contribution in [2.45, 2.75) is 78.7 Å². The number of allylic oxidation sites excluding steroid dienone is 5. The lowest BCUT2D eigenvalue weighted by Gasteiger charge is -2.27. The molecule has 0 saturated carbocycles. The quantitative estimate of drug-likeness (QED) is 0.160. The Morgan fingerprint density at radius 3 is 2.40 bits per heavy atom. The summed E-state index contributed by atoms with van der Waals surface area (Å²) < 4.78 is 16.7. The molecule has 2 bridgehead atoms. The van der Waals surface area contributed by atoms with Gasteiger partial charge in [-0.05, 0) is 52.0 Å². The van der Waals surface area contributed by atoms with E-state index in [1.54, 1.807) is 39.0 Å². The number of carbonyl (C=O) groups is 4. The van der Waals surface area contributed by atoms with Gasteiger partial charge in [-0.1, -0.05) is 43.3 Å². The summed E-state index contributed by atoms with van der Waals surface area (Å²) in [5, 5.41) is 19.2. The molecule has 0 fully saturated rings. The normalized spacial score (nSPS) is 30.6. The van der Waals surface area contributed by atoms with Crippen LogP contribution in [0, 0.1) is 11.8 Å². The molecule has 0 aromatic rings. The number of Topliss-reactive ketones (excluding diaryl/α,β-unsaturated/α-hetero) is 1. The van der Waals surface area contributed by atoms with Crippen molar-refractivity contribution < 1.29 is 38.6 Å². The number of primary amides is 1. The molecule has 0 aromatic carbocycles. The van der Waals surface area contributed by atoms with Crippen molar-refractivity contribution in [1.29, 1.82) is 0 Å². The number of nitrogens with zero attached hydrogens (tertiary/aromatic N) is 1. The van der Waals surface area contributed by atoms with Gasteiger partial charge in [-0.2, -0.15) is 0 Å². The average molecular weight is 601 g/mol. The maximum Gasteiger partial charge on any atom is 0.405 e. The van der Waals surface area contributed by atoms with Gasteiger partial charge in [-0.25, -0.2) is 4.79 Å². The fourth-order valence-corrected chi connectivity index (χ4v) is 5.04. The lowest BCUT2D eigenvalue weighted by Crippen LogP contribution is -2.38. The van der Waals surface area contributed by atoms with Gasteiger partial charge in [0.05, 0.1) is 23.2 Å². The predicted octanol–water partition coefficient (Wildman–Crippen LogP) is 3.23. The highest BCUT2D eigenvalue weighted by molar-refractivity contribution is 6.23. The zero-order valence-corrected chi connectivity index (χ0v) is 26.1. The van der Waals surface area contributed by atoms with Crippen LogP contribution in [0.4, 0.5) is 4.79 Å². The average Bonchev–Trinajstić information content (AvgIpc) is 2.93. The number of methoxy groups -OCH3 is 2. The first-order chi connectivity index (χ1) is 20.2. The predicted molar refractivity (Wildman–Crippen MR) is 161 cm³/mol. The Balaban J connectivity index is 2.69. The highest BCUT2D eigenvalue weighted by Crippen LogP contribution is 2.28. The van der Waals surface area contributed by atoms with E-state index < -0.39 is 47.8 Å². The van der Waals surface area contributed by atoms with Gasteiger partial charge in [0, 0.05) is 43.4 Å². The minimum Gasteiger partial charge on any atom is -0.439 e. The molecule has 5 atom stereocenters. The first-order valence-corrected chi connectivity index (χ1v) is 14.1. The second-order valence-corrected chi connectivity index (χ2v) is 11.1. The van der Waals surface area contributed by atoms with E-state index in [9.17, 15) is 24.4 Å². The molecule has 2 rings (SSSR count). The summed E-state index contributed by atoms with van der Waals surface area (Å²) in [5.74, 6) is -2.15.